The Bertz CT molecular complexity index is 204. The molecule has 0 aromatic carbocycles. The number of ether oxygens (including phenoxy) is 1. The van der Waals surface area contributed by atoms with Gasteiger partial charge in [-0.25, -0.2) is 13.1 Å². The summed E-state index contributed by atoms with van der Waals surface area (Å²) in [6, 6.07) is 0. The largest absolute Gasteiger partial charge is 0.379 e. The van der Waals surface area contributed by atoms with Gasteiger partial charge in [-0.3, -0.25) is 0 Å². The summed E-state index contributed by atoms with van der Waals surface area (Å²) < 4.78 is 29.6. The average Bonchev–Trinajstić information content (AvgIpc) is 2.04. The first-order valence-electron chi connectivity index (χ1n) is 4.37. The van der Waals surface area contributed by atoms with Crippen LogP contribution in [0.1, 0.15) is 13.3 Å². The molecular weight excluding hydrogens is 192 g/mol. The molecular formula is C7H18N2O3S. The Labute approximate surface area is 79.7 Å². The molecule has 0 aliphatic rings. The van der Waals surface area contributed by atoms with E-state index in [0.29, 0.717) is 32.7 Å². The highest BCUT2D eigenvalue weighted by Gasteiger charge is 2.06. The zero-order chi connectivity index (χ0) is 10.2. The van der Waals surface area contributed by atoms with Crippen LogP contribution in [0.2, 0.25) is 0 Å². The van der Waals surface area contributed by atoms with Crippen LogP contribution in [0.15, 0.2) is 0 Å². The molecule has 13 heavy (non-hydrogen) atoms. The molecule has 0 rings (SSSR count). The smallest absolute Gasteiger partial charge is 0.211 e. The molecule has 0 unspecified atom stereocenters. The lowest BCUT2D eigenvalue weighted by Gasteiger charge is -2.05. The first-order chi connectivity index (χ1) is 6.12. The van der Waals surface area contributed by atoms with Gasteiger partial charge >= 0.3 is 0 Å². The first-order valence-corrected chi connectivity index (χ1v) is 6.02. The quantitative estimate of drug-likeness (QED) is 0.519. The minimum atomic E-state index is -3.08. The third kappa shape index (κ3) is 8.17. The molecule has 0 atom stereocenters. The zero-order valence-corrected chi connectivity index (χ0v) is 8.77. The van der Waals surface area contributed by atoms with E-state index >= 15 is 0 Å². The molecule has 0 aromatic heterocycles. The van der Waals surface area contributed by atoms with E-state index in [1.165, 1.54) is 0 Å². The van der Waals surface area contributed by atoms with Gasteiger partial charge in [0.25, 0.3) is 0 Å². The van der Waals surface area contributed by atoms with Gasteiger partial charge in [0.1, 0.15) is 0 Å². The Morgan fingerprint density at radius 3 is 2.62 bits per heavy atom. The van der Waals surface area contributed by atoms with Crippen LogP contribution in [0.25, 0.3) is 0 Å². The summed E-state index contributed by atoms with van der Waals surface area (Å²) in [5, 5.41) is 0. The minimum absolute atomic E-state index is 0.171. The van der Waals surface area contributed by atoms with Crippen LogP contribution in [0, 0.1) is 0 Å². The molecule has 0 aliphatic heterocycles. The second kappa shape index (κ2) is 7.25. The van der Waals surface area contributed by atoms with Crippen molar-refractivity contribution < 1.29 is 13.2 Å². The lowest BCUT2D eigenvalue weighted by molar-refractivity contribution is 0.147. The summed E-state index contributed by atoms with van der Waals surface area (Å²) in [6.07, 6.45) is 0.624. The van der Waals surface area contributed by atoms with Gasteiger partial charge in [-0.1, -0.05) is 6.92 Å². The van der Waals surface area contributed by atoms with Gasteiger partial charge < -0.3 is 10.5 Å². The topological polar surface area (TPSA) is 81.4 Å². The summed E-state index contributed by atoms with van der Waals surface area (Å²) in [7, 11) is -3.08. The van der Waals surface area contributed by atoms with Crippen LogP contribution in [0.3, 0.4) is 0 Å². The third-order valence-corrected chi connectivity index (χ3v) is 2.89. The van der Waals surface area contributed by atoms with Gasteiger partial charge in [-0.2, -0.15) is 0 Å². The van der Waals surface area contributed by atoms with Crippen molar-refractivity contribution in [1.82, 2.24) is 4.72 Å². The molecule has 0 saturated heterocycles. The van der Waals surface area contributed by atoms with Crippen LogP contribution in [0.4, 0.5) is 0 Å². The van der Waals surface area contributed by atoms with Gasteiger partial charge in [-0.15, -0.1) is 0 Å². The summed E-state index contributed by atoms with van der Waals surface area (Å²) in [5.41, 5.74) is 5.18. The Balaban J connectivity index is 3.41. The van der Waals surface area contributed by atoms with Crippen molar-refractivity contribution in [3.63, 3.8) is 0 Å². The van der Waals surface area contributed by atoms with Gasteiger partial charge in [-0.05, 0) is 6.42 Å². The van der Waals surface area contributed by atoms with E-state index in [1.54, 1.807) is 0 Å². The fourth-order valence-electron chi connectivity index (χ4n) is 0.796. The Morgan fingerprint density at radius 2 is 2.08 bits per heavy atom. The molecule has 0 spiro atoms. The lowest BCUT2D eigenvalue weighted by atomic mass is 10.6. The van der Waals surface area contributed by atoms with Crippen molar-refractivity contribution in [2.24, 2.45) is 5.73 Å². The van der Waals surface area contributed by atoms with Gasteiger partial charge in [0.05, 0.1) is 19.0 Å². The van der Waals surface area contributed by atoms with Crippen molar-refractivity contribution in [2.75, 3.05) is 32.1 Å². The maximum atomic E-state index is 11.1. The SMILES string of the molecule is CCCS(=O)(=O)NCCOCCN. The second-order valence-electron chi connectivity index (χ2n) is 2.61. The lowest BCUT2D eigenvalue weighted by Crippen LogP contribution is -2.29. The van der Waals surface area contributed by atoms with E-state index in [0.717, 1.165) is 0 Å². The van der Waals surface area contributed by atoms with Crippen LogP contribution in [0.5, 0.6) is 0 Å². The number of hydrogen-bond donors (Lipinski definition) is 2. The van der Waals surface area contributed by atoms with Crippen LogP contribution >= 0.6 is 0 Å². The predicted molar refractivity (Wildman–Crippen MR) is 52.0 cm³/mol. The fraction of sp³-hybridized carbons (Fsp3) is 1.00. The Kier molecular flexibility index (Phi) is 7.16. The molecule has 5 nitrogen and oxygen atoms in total. The molecule has 0 amide bonds. The van der Waals surface area contributed by atoms with Crippen LogP contribution < -0.4 is 10.5 Å². The Morgan fingerprint density at radius 1 is 1.38 bits per heavy atom. The van der Waals surface area contributed by atoms with Crippen molar-refractivity contribution in [3.8, 4) is 0 Å². The highest BCUT2D eigenvalue weighted by Crippen LogP contribution is 1.87. The number of rotatable bonds is 8. The summed E-state index contributed by atoms with van der Waals surface area (Å²) in [6.45, 7) is 3.45. The minimum Gasteiger partial charge on any atom is -0.379 e. The van der Waals surface area contributed by atoms with Crippen LogP contribution in [-0.4, -0.2) is 40.5 Å². The normalized spacial score (nSPS) is 11.8. The van der Waals surface area contributed by atoms with Crippen molar-refractivity contribution in [3.05, 3.63) is 0 Å². The van der Waals surface area contributed by atoms with E-state index in [4.69, 9.17) is 10.5 Å². The standard InChI is InChI=1S/C7H18N2O3S/c1-2-7-13(10,11)9-4-6-12-5-3-8/h9H,2-8H2,1H3. The van der Waals surface area contributed by atoms with Crippen molar-refractivity contribution in [2.45, 2.75) is 13.3 Å². The molecule has 0 radical (unpaired) electrons. The second-order valence-corrected chi connectivity index (χ2v) is 4.54. The van der Waals surface area contributed by atoms with E-state index in [2.05, 4.69) is 4.72 Å². The average molecular weight is 210 g/mol. The monoisotopic (exact) mass is 210 g/mol. The van der Waals surface area contributed by atoms with E-state index in [9.17, 15) is 8.42 Å². The van der Waals surface area contributed by atoms with Gasteiger partial charge in [0.15, 0.2) is 0 Å². The molecule has 80 valence electrons. The maximum Gasteiger partial charge on any atom is 0.211 e. The molecule has 0 aliphatic carbocycles. The number of hydrogen-bond acceptors (Lipinski definition) is 4. The fourth-order valence-corrected chi connectivity index (χ4v) is 1.87. The van der Waals surface area contributed by atoms with Gasteiger partial charge in [0.2, 0.25) is 10.0 Å². The number of nitrogens with two attached hydrogens (primary N) is 1. The molecule has 0 aromatic rings. The molecule has 3 N–H and O–H groups in total. The first kappa shape index (κ1) is 12.8. The summed E-state index contributed by atoms with van der Waals surface area (Å²) in [4.78, 5) is 0. The van der Waals surface area contributed by atoms with E-state index in [1.807, 2.05) is 6.92 Å². The molecule has 0 bridgehead atoms. The molecule has 6 heteroatoms. The molecule has 0 heterocycles. The highest BCUT2D eigenvalue weighted by molar-refractivity contribution is 7.89. The third-order valence-electron chi connectivity index (χ3n) is 1.30. The van der Waals surface area contributed by atoms with Gasteiger partial charge in [0, 0.05) is 13.1 Å². The van der Waals surface area contributed by atoms with Crippen LogP contribution in [-0.2, 0) is 14.8 Å². The maximum absolute atomic E-state index is 11.1. The Hall–Kier alpha value is -0.170. The van der Waals surface area contributed by atoms with E-state index < -0.39 is 10.0 Å². The summed E-state index contributed by atoms with van der Waals surface area (Å²) >= 11 is 0. The highest BCUT2D eigenvalue weighted by atomic mass is 32.2. The number of nitrogens with one attached hydrogen (secondary N) is 1. The van der Waals surface area contributed by atoms with Crippen molar-refractivity contribution >= 4 is 10.0 Å². The predicted octanol–water partition coefficient (Wildman–Crippen LogP) is -0.709. The molecule has 0 saturated carbocycles. The molecule has 0 fully saturated rings. The van der Waals surface area contributed by atoms with Crippen molar-refractivity contribution in [1.29, 1.82) is 0 Å². The zero-order valence-electron chi connectivity index (χ0n) is 7.95. The van der Waals surface area contributed by atoms with E-state index in [-0.39, 0.29) is 5.75 Å². The summed E-state index contributed by atoms with van der Waals surface area (Å²) in [5.74, 6) is 0.171. The number of sulfonamides is 1.